The van der Waals surface area contributed by atoms with Crippen molar-refractivity contribution in [3.63, 3.8) is 0 Å². The number of aromatic nitrogens is 2. The van der Waals surface area contributed by atoms with Crippen LogP contribution in [0.25, 0.3) is 5.69 Å². The fourth-order valence-corrected chi connectivity index (χ4v) is 5.89. The number of anilines is 2. The summed E-state index contributed by atoms with van der Waals surface area (Å²) in [7, 11) is 1.38. The van der Waals surface area contributed by atoms with Gasteiger partial charge in [-0.15, -0.1) is 0 Å². The summed E-state index contributed by atoms with van der Waals surface area (Å²) in [5.74, 6) is 2.89. The highest BCUT2D eigenvalue weighted by molar-refractivity contribution is 6.51. The van der Waals surface area contributed by atoms with Gasteiger partial charge in [0.2, 0.25) is 6.79 Å². The molecule has 0 amide bonds. The van der Waals surface area contributed by atoms with Gasteiger partial charge in [0, 0.05) is 17.3 Å². The second kappa shape index (κ2) is 10.1. The van der Waals surface area contributed by atoms with Gasteiger partial charge in [-0.1, -0.05) is 42.5 Å². The van der Waals surface area contributed by atoms with Gasteiger partial charge in [0.1, 0.15) is 0 Å². The summed E-state index contributed by atoms with van der Waals surface area (Å²) in [5, 5.41) is 8.48. The molecule has 216 valence electrons. The zero-order valence-electron chi connectivity index (χ0n) is 23.9. The quantitative estimate of drug-likeness (QED) is 0.242. The van der Waals surface area contributed by atoms with E-state index in [0.717, 1.165) is 39.6 Å². The van der Waals surface area contributed by atoms with Crippen LogP contribution in [0.2, 0.25) is 0 Å². The van der Waals surface area contributed by atoms with Gasteiger partial charge in [-0.25, -0.2) is 19.5 Å². The first-order valence-corrected chi connectivity index (χ1v) is 14.1. The van der Waals surface area contributed by atoms with Crippen molar-refractivity contribution in [2.75, 3.05) is 24.1 Å². The second-order valence-electron chi connectivity index (χ2n) is 10.5. The van der Waals surface area contributed by atoms with Crippen LogP contribution in [0.1, 0.15) is 33.2 Å². The SMILES string of the molecule is COC(=O)c1ccc([C@H]2c3c(C)nn(-c4ccccc4)c3N=C3C(Nc4ccc5c(c4)OCO5)=Nc4ccccc4N32)cc1. The van der Waals surface area contributed by atoms with Crippen LogP contribution >= 0.6 is 0 Å². The molecule has 0 bridgehead atoms. The molecular weight excluding hydrogens is 556 g/mol. The maximum absolute atomic E-state index is 12.3. The Labute approximate surface area is 252 Å². The summed E-state index contributed by atoms with van der Waals surface area (Å²) < 4.78 is 18.0. The van der Waals surface area contributed by atoms with Crippen molar-refractivity contribution in [3.8, 4) is 17.2 Å². The molecule has 8 rings (SSSR count). The highest BCUT2D eigenvalue weighted by atomic mass is 16.7. The van der Waals surface area contributed by atoms with Gasteiger partial charge < -0.3 is 24.4 Å². The molecule has 4 heterocycles. The van der Waals surface area contributed by atoms with Crippen molar-refractivity contribution >= 4 is 40.5 Å². The Balaban J connectivity index is 1.34. The summed E-state index contributed by atoms with van der Waals surface area (Å²) in [4.78, 5) is 24.8. The lowest BCUT2D eigenvalue weighted by Crippen LogP contribution is -2.46. The van der Waals surface area contributed by atoms with Crippen LogP contribution in [0.15, 0.2) is 107 Å². The van der Waals surface area contributed by atoms with Crippen LogP contribution in [0, 0.1) is 6.92 Å². The Hall–Kier alpha value is -5.90. The Bertz CT molecular complexity index is 2000. The van der Waals surface area contributed by atoms with Crippen molar-refractivity contribution in [3.05, 3.63) is 119 Å². The minimum atomic E-state index is -0.387. The number of ether oxygens (including phenoxy) is 3. The van der Waals surface area contributed by atoms with E-state index in [1.165, 1.54) is 7.11 Å². The van der Waals surface area contributed by atoms with Gasteiger partial charge in [0.25, 0.3) is 0 Å². The minimum Gasteiger partial charge on any atom is -0.465 e. The first-order chi connectivity index (χ1) is 21.6. The molecule has 1 aromatic heterocycles. The highest BCUT2D eigenvalue weighted by Crippen LogP contribution is 2.48. The van der Waals surface area contributed by atoms with E-state index in [1.54, 1.807) is 12.1 Å². The monoisotopic (exact) mass is 582 g/mol. The van der Waals surface area contributed by atoms with E-state index in [2.05, 4.69) is 10.2 Å². The normalized spacial score (nSPS) is 15.9. The average molecular weight is 583 g/mol. The lowest BCUT2D eigenvalue weighted by Gasteiger charge is -2.40. The molecule has 3 aliphatic rings. The highest BCUT2D eigenvalue weighted by Gasteiger charge is 2.41. The number of nitrogens with one attached hydrogen (secondary N) is 1. The smallest absolute Gasteiger partial charge is 0.337 e. The van der Waals surface area contributed by atoms with E-state index in [4.69, 9.17) is 29.3 Å². The van der Waals surface area contributed by atoms with E-state index in [9.17, 15) is 4.79 Å². The van der Waals surface area contributed by atoms with Crippen LogP contribution in [0.5, 0.6) is 11.5 Å². The zero-order valence-corrected chi connectivity index (χ0v) is 23.9. The van der Waals surface area contributed by atoms with Crippen molar-refractivity contribution < 1.29 is 19.0 Å². The van der Waals surface area contributed by atoms with Gasteiger partial charge in [-0.2, -0.15) is 5.10 Å². The second-order valence-corrected chi connectivity index (χ2v) is 10.5. The Morgan fingerprint density at radius 2 is 1.68 bits per heavy atom. The molecule has 1 atom stereocenters. The zero-order chi connectivity index (χ0) is 29.8. The number of aryl methyl sites for hydroxylation is 1. The van der Waals surface area contributed by atoms with Crippen molar-refractivity contribution in [2.24, 2.45) is 9.98 Å². The number of amidine groups is 2. The van der Waals surface area contributed by atoms with Crippen LogP contribution in [0.4, 0.5) is 22.9 Å². The third-order valence-corrected chi connectivity index (χ3v) is 7.92. The van der Waals surface area contributed by atoms with Gasteiger partial charge in [-0.3, -0.25) is 0 Å². The molecule has 10 heteroatoms. The van der Waals surface area contributed by atoms with Gasteiger partial charge in [0.05, 0.1) is 41.5 Å². The third kappa shape index (κ3) is 4.10. The fourth-order valence-electron chi connectivity index (χ4n) is 5.89. The topological polar surface area (TPSA) is 103 Å². The van der Waals surface area contributed by atoms with Crippen LogP contribution in [-0.2, 0) is 4.74 Å². The number of carbonyl (C=O) groups excluding carboxylic acids is 1. The Morgan fingerprint density at radius 1 is 0.909 bits per heavy atom. The average Bonchev–Trinajstić information content (AvgIpc) is 3.68. The molecule has 1 N–H and O–H groups in total. The van der Waals surface area contributed by atoms with E-state index in [1.807, 2.05) is 96.5 Å². The molecule has 0 fully saturated rings. The molecule has 0 aliphatic carbocycles. The standard InChI is InChI=1S/C34H26N6O4/c1-20-29-30(21-12-14-22(15-13-21)34(41)42-2)39-26-11-7-6-10-25(26)36-31(35-23-16-17-27-28(18-23)44-19-43-27)33(39)37-32(29)40(38-20)24-8-4-3-5-9-24/h3-18,30H,19H2,1-2H3,(H,35,36)/t30-/m0/s1. The molecule has 0 unspecified atom stereocenters. The number of hydrogen-bond acceptors (Lipinski definition) is 9. The molecule has 0 spiro atoms. The van der Waals surface area contributed by atoms with Crippen molar-refractivity contribution in [1.82, 2.24) is 9.78 Å². The predicted molar refractivity (Wildman–Crippen MR) is 167 cm³/mol. The summed E-state index contributed by atoms with van der Waals surface area (Å²) in [6, 6.07) is 30.8. The largest absolute Gasteiger partial charge is 0.465 e. The number of hydrogen-bond donors (Lipinski definition) is 1. The number of nitrogens with zero attached hydrogens (tertiary/aromatic N) is 5. The maximum Gasteiger partial charge on any atom is 0.337 e. The Morgan fingerprint density at radius 3 is 2.50 bits per heavy atom. The summed E-state index contributed by atoms with van der Waals surface area (Å²) in [5.41, 5.74) is 6.62. The summed E-state index contributed by atoms with van der Waals surface area (Å²) in [6.45, 7) is 2.19. The number of esters is 1. The van der Waals surface area contributed by atoms with Gasteiger partial charge in [-0.05, 0) is 61.0 Å². The molecule has 3 aliphatic heterocycles. The number of rotatable bonds is 4. The van der Waals surface area contributed by atoms with E-state index in [-0.39, 0.29) is 18.8 Å². The number of carbonyl (C=O) groups is 1. The predicted octanol–water partition coefficient (Wildman–Crippen LogP) is 6.49. The molecule has 10 nitrogen and oxygen atoms in total. The first-order valence-electron chi connectivity index (χ1n) is 14.1. The Kier molecular flexibility index (Phi) is 5.93. The number of benzene rings is 4. The first kappa shape index (κ1) is 25.8. The van der Waals surface area contributed by atoms with E-state index >= 15 is 0 Å². The molecule has 4 aromatic carbocycles. The van der Waals surface area contributed by atoms with Crippen molar-refractivity contribution in [2.45, 2.75) is 13.0 Å². The van der Waals surface area contributed by atoms with Crippen molar-refractivity contribution in [1.29, 1.82) is 0 Å². The lowest BCUT2D eigenvalue weighted by atomic mass is 9.92. The van der Waals surface area contributed by atoms with Gasteiger partial charge in [0.15, 0.2) is 29.0 Å². The molecule has 5 aromatic rings. The fraction of sp³-hybridized carbons (Fsp3) is 0.118. The maximum atomic E-state index is 12.3. The molecule has 0 saturated carbocycles. The number of fused-ring (bicyclic) bond motifs is 5. The van der Waals surface area contributed by atoms with Gasteiger partial charge >= 0.3 is 5.97 Å². The lowest BCUT2D eigenvalue weighted by molar-refractivity contribution is 0.0600. The third-order valence-electron chi connectivity index (χ3n) is 7.92. The minimum absolute atomic E-state index is 0.190. The number of aliphatic imine (C=N–C) groups is 2. The number of para-hydroxylation sites is 3. The van der Waals surface area contributed by atoms with E-state index < -0.39 is 0 Å². The van der Waals surface area contributed by atoms with Crippen LogP contribution < -0.4 is 19.7 Å². The number of methoxy groups -OCH3 is 1. The van der Waals surface area contributed by atoms with E-state index in [0.29, 0.717) is 34.6 Å². The molecule has 0 radical (unpaired) electrons. The molecule has 0 saturated heterocycles. The molecular formula is C34H26N6O4. The van der Waals surface area contributed by atoms with Crippen LogP contribution in [0.3, 0.4) is 0 Å². The summed E-state index contributed by atoms with van der Waals surface area (Å²) in [6.07, 6.45) is 0. The molecule has 44 heavy (non-hydrogen) atoms. The summed E-state index contributed by atoms with van der Waals surface area (Å²) >= 11 is 0. The van der Waals surface area contributed by atoms with Crippen LogP contribution in [-0.4, -0.2) is 41.3 Å².